The second-order valence-electron chi connectivity index (χ2n) is 6.43. The summed E-state index contributed by atoms with van der Waals surface area (Å²) in [4.78, 5) is 4.62. The first kappa shape index (κ1) is 17.8. The molecule has 0 aliphatic rings. The summed E-state index contributed by atoms with van der Waals surface area (Å²) in [7, 11) is 0. The van der Waals surface area contributed by atoms with Crippen LogP contribution in [0, 0.1) is 13.8 Å². The lowest BCUT2D eigenvalue weighted by Crippen LogP contribution is -2.18. The Hall–Kier alpha value is -1.98. The fourth-order valence-electron chi connectivity index (χ4n) is 2.62. The molecule has 0 aliphatic carbocycles. The number of hydrogen-bond acceptors (Lipinski definition) is 3. The highest BCUT2D eigenvalue weighted by molar-refractivity contribution is 7.80. The minimum atomic E-state index is 0.559. The summed E-state index contributed by atoms with van der Waals surface area (Å²) < 4.78 is 1.17. The van der Waals surface area contributed by atoms with Crippen molar-refractivity contribution in [3.63, 3.8) is 0 Å². The Bertz CT molecular complexity index is 858. The topological polar surface area (TPSA) is 37.0 Å². The van der Waals surface area contributed by atoms with E-state index in [0.29, 0.717) is 11.0 Å². The van der Waals surface area contributed by atoms with E-state index in [-0.39, 0.29) is 0 Å². The molecule has 2 aromatic carbocycles. The zero-order valence-corrected chi connectivity index (χ0v) is 16.6. The van der Waals surface area contributed by atoms with Gasteiger partial charge in [-0.3, -0.25) is 0 Å². The predicted octanol–water partition coefficient (Wildman–Crippen LogP) is 6.24. The van der Waals surface area contributed by atoms with Crippen molar-refractivity contribution in [2.45, 2.75) is 40.0 Å². The van der Waals surface area contributed by atoms with E-state index in [4.69, 9.17) is 12.2 Å². The zero-order valence-electron chi connectivity index (χ0n) is 15.0. The average molecular weight is 370 g/mol. The molecule has 1 heterocycles. The van der Waals surface area contributed by atoms with E-state index in [2.05, 4.69) is 79.7 Å². The Labute approximate surface area is 158 Å². The highest BCUT2D eigenvalue weighted by atomic mass is 32.1. The smallest absolute Gasteiger partial charge is 0.190 e. The number of aromatic nitrogens is 1. The highest BCUT2D eigenvalue weighted by Gasteiger charge is 2.08. The molecule has 25 heavy (non-hydrogen) atoms. The average Bonchev–Trinajstić information content (AvgIpc) is 2.96. The lowest BCUT2D eigenvalue weighted by molar-refractivity contribution is 0.734. The van der Waals surface area contributed by atoms with E-state index in [9.17, 15) is 0 Å². The molecule has 0 aliphatic heterocycles. The fourth-order valence-corrected chi connectivity index (χ4v) is 3.85. The summed E-state index contributed by atoms with van der Waals surface area (Å²) in [6.07, 6.45) is 1.14. The minimum absolute atomic E-state index is 0.559. The number of benzene rings is 2. The predicted molar refractivity (Wildman–Crippen MR) is 114 cm³/mol. The second-order valence-corrected chi connectivity index (χ2v) is 7.87. The third-order valence-electron chi connectivity index (χ3n) is 4.57. The number of aryl methyl sites for hydroxylation is 2. The third-order valence-corrected chi connectivity index (χ3v) is 5.71. The molecular formula is C20H23N3S2. The number of rotatable bonds is 4. The Kier molecular flexibility index (Phi) is 5.35. The van der Waals surface area contributed by atoms with E-state index in [1.54, 1.807) is 11.3 Å². The van der Waals surface area contributed by atoms with Crippen LogP contribution in [0.15, 0.2) is 36.4 Å². The maximum atomic E-state index is 5.43. The maximum absolute atomic E-state index is 5.43. The summed E-state index contributed by atoms with van der Waals surface area (Å²) in [5.41, 5.74) is 5.88. The first-order valence-electron chi connectivity index (χ1n) is 8.52. The monoisotopic (exact) mass is 369 g/mol. The van der Waals surface area contributed by atoms with E-state index in [0.717, 1.165) is 22.8 Å². The summed E-state index contributed by atoms with van der Waals surface area (Å²) in [5, 5.41) is 7.80. The number of hydrogen-bond donors (Lipinski definition) is 2. The third kappa shape index (κ3) is 4.17. The summed E-state index contributed by atoms with van der Waals surface area (Å²) in [6, 6.07) is 12.7. The van der Waals surface area contributed by atoms with Crippen molar-refractivity contribution in [2.75, 3.05) is 10.6 Å². The quantitative estimate of drug-likeness (QED) is 0.534. The first-order chi connectivity index (χ1) is 12.0. The van der Waals surface area contributed by atoms with E-state index < -0.39 is 0 Å². The number of nitrogens with one attached hydrogen (secondary N) is 2. The minimum Gasteiger partial charge on any atom is -0.332 e. The van der Waals surface area contributed by atoms with E-state index >= 15 is 0 Å². The van der Waals surface area contributed by atoms with Gasteiger partial charge in [0.15, 0.2) is 10.2 Å². The van der Waals surface area contributed by atoms with Crippen LogP contribution in [0.4, 0.5) is 10.8 Å². The van der Waals surface area contributed by atoms with Crippen LogP contribution >= 0.6 is 23.6 Å². The molecule has 2 N–H and O–H groups in total. The van der Waals surface area contributed by atoms with Crippen molar-refractivity contribution < 1.29 is 0 Å². The van der Waals surface area contributed by atoms with Gasteiger partial charge in [0.2, 0.25) is 0 Å². The fraction of sp³-hybridized carbons (Fsp3) is 0.300. The van der Waals surface area contributed by atoms with Gasteiger partial charge in [-0.25, -0.2) is 4.98 Å². The summed E-state index contributed by atoms with van der Waals surface area (Å²) in [5.74, 6) is 0.578. The molecule has 1 unspecified atom stereocenters. The molecule has 1 aromatic heterocycles. The van der Waals surface area contributed by atoms with Gasteiger partial charge in [-0.05, 0) is 79.4 Å². The first-order valence-corrected chi connectivity index (χ1v) is 9.74. The molecule has 0 saturated carbocycles. The molecule has 3 aromatic rings. The van der Waals surface area contributed by atoms with Crippen LogP contribution in [0.25, 0.3) is 10.2 Å². The molecule has 130 valence electrons. The number of nitrogens with zero attached hydrogens (tertiary/aromatic N) is 1. The van der Waals surface area contributed by atoms with Gasteiger partial charge >= 0.3 is 0 Å². The molecule has 0 spiro atoms. The van der Waals surface area contributed by atoms with Crippen molar-refractivity contribution in [2.24, 2.45) is 0 Å². The van der Waals surface area contributed by atoms with Gasteiger partial charge in [-0.15, -0.1) is 0 Å². The van der Waals surface area contributed by atoms with Crippen molar-refractivity contribution in [1.29, 1.82) is 0 Å². The summed E-state index contributed by atoms with van der Waals surface area (Å²) in [6.45, 7) is 8.68. The molecule has 0 radical (unpaired) electrons. The number of fused-ring (bicyclic) bond motifs is 1. The van der Waals surface area contributed by atoms with Crippen LogP contribution in [0.5, 0.6) is 0 Å². The normalized spacial score (nSPS) is 12.2. The van der Waals surface area contributed by atoms with Crippen LogP contribution in [0.2, 0.25) is 0 Å². The number of thiocarbonyl (C=S) groups is 1. The van der Waals surface area contributed by atoms with Gasteiger partial charge in [0, 0.05) is 5.69 Å². The largest absolute Gasteiger partial charge is 0.332 e. The van der Waals surface area contributed by atoms with Gasteiger partial charge in [0.1, 0.15) is 0 Å². The van der Waals surface area contributed by atoms with Crippen LogP contribution in [0.3, 0.4) is 0 Å². The van der Waals surface area contributed by atoms with Crippen molar-refractivity contribution in [3.05, 3.63) is 53.1 Å². The number of anilines is 2. The molecule has 5 heteroatoms. The Balaban J connectivity index is 1.68. The molecule has 1 atom stereocenters. The molecule has 3 nitrogen and oxygen atoms in total. The van der Waals surface area contributed by atoms with E-state index in [1.807, 2.05) is 0 Å². The molecular weight excluding hydrogens is 346 g/mol. The molecule has 0 amide bonds. The van der Waals surface area contributed by atoms with Gasteiger partial charge in [-0.1, -0.05) is 37.3 Å². The molecule has 0 saturated heterocycles. The highest BCUT2D eigenvalue weighted by Crippen LogP contribution is 2.28. The van der Waals surface area contributed by atoms with Crippen LogP contribution in [-0.2, 0) is 0 Å². The van der Waals surface area contributed by atoms with Crippen LogP contribution in [-0.4, -0.2) is 10.1 Å². The van der Waals surface area contributed by atoms with Crippen LogP contribution < -0.4 is 10.6 Å². The van der Waals surface area contributed by atoms with Gasteiger partial charge in [-0.2, -0.15) is 0 Å². The molecule has 3 rings (SSSR count). The van der Waals surface area contributed by atoms with Crippen LogP contribution in [0.1, 0.15) is 42.9 Å². The van der Waals surface area contributed by atoms with E-state index in [1.165, 1.54) is 21.4 Å². The van der Waals surface area contributed by atoms with Crippen molar-refractivity contribution in [1.82, 2.24) is 4.98 Å². The standard InChI is InChI=1S/C20H23N3S2/c1-5-12(2)15-6-8-16(9-7-15)21-19(24)23-20-22-17-10-13(3)14(4)11-18(17)25-20/h6-12H,5H2,1-4H3,(H2,21,22,23,24). The van der Waals surface area contributed by atoms with Gasteiger partial charge in [0.25, 0.3) is 0 Å². The second kappa shape index (κ2) is 7.50. The van der Waals surface area contributed by atoms with Crippen molar-refractivity contribution in [3.8, 4) is 0 Å². The Morgan fingerprint density at radius 2 is 1.80 bits per heavy atom. The molecule has 0 bridgehead atoms. The van der Waals surface area contributed by atoms with Gasteiger partial charge < -0.3 is 10.6 Å². The lowest BCUT2D eigenvalue weighted by atomic mass is 9.99. The molecule has 0 fully saturated rings. The Morgan fingerprint density at radius 3 is 2.48 bits per heavy atom. The SMILES string of the molecule is CCC(C)c1ccc(NC(=S)Nc2nc3cc(C)c(C)cc3s2)cc1. The zero-order chi connectivity index (χ0) is 18.0. The number of thiazole rings is 1. The van der Waals surface area contributed by atoms with Crippen molar-refractivity contribution >= 4 is 49.7 Å². The maximum Gasteiger partial charge on any atom is 0.190 e. The summed E-state index contributed by atoms with van der Waals surface area (Å²) >= 11 is 7.04. The van der Waals surface area contributed by atoms with Gasteiger partial charge in [0.05, 0.1) is 10.2 Å². The Morgan fingerprint density at radius 1 is 1.12 bits per heavy atom. The lowest BCUT2D eigenvalue weighted by Gasteiger charge is -2.11.